The van der Waals surface area contributed by atoms with E-state index in [1.165, 1.54) is 24.3 Å². The number of carbonyl (C=O) groups excluding carboxylic acids is 3. The predicted molar refractivity (Wildman–Crippen MR) is 115 cm³/mol. The molecule has 0 aliphatic carbocycles. The molecule has 2 amide bonds. The van der Waals surface area contributed by atoms with E-state index < -0.39 is 17.8 Å². The minimum atomic E-state index is -0.826. The Morgan fingerprint density at radius 1 is 1.00 bits per heavy atom. The average Bonchev–Trinajstić information content (AvgIpc) is 2.75. The highest BCUT2D eigenvalue weighted by atomic mass is 16.5. The Bertz CT molecular complexity index is 1200. The van der Waals surface area contributed by atoms with Crippen LogP contribution in [0.15, 0.2) is 84.6 Å². The van der Waals surface area contributed by atoms with Crippen LogP contribution in [-0.2, 0) is 4.79 Å². The van der Waals surface area contributed by atoms with Crippen molar-refractivity contribution in [2.75, 3.05) is 10.2 Å². The van der Waals surface area contributed by atoms with Gasteiger partial charge in [0.05, 0.1) is 5.69 Å². The van der Waals surface area contributed by atoms with Gasteiger partial charge in [0, 0.05) is 17.3 Å². The molecule has 0 aromatic heterocycles. The zero-order valence-electron chi connectivity index (χ0n) is 16.5. The number of anilines is 2. The van der Waals surface area contributed by atoms with Crippen molar-refractivity contribution in [1.29, 1.82) is 0 Å². The van der Waals surface area contributed by atoms with Gasteiger partial charge in [0.2, 0.25) is 0 Å². The maximum atomic E-state index is 13.2. The topological polar surface area (TPSA) is 95.9 Å². The monoisotopic (exact) mass is 414 g/mol. The summed E-state index contributed by atoms with van der Waals surface area (Å²) in [5.41, 5.74) is 1.74. The number of allylic oxidation sites excluding steroid dienone is 1. The predicted octanol–water partition coefficient (Wildman–Crippen LogP) is 4.42. The third kappa shape index (κ3) is 4.16. The first-order valence-electron chi connectivity index (χ1n) is 9.46. The molecule has 0 saturated carbocycles. The van der Waals surface area contributed by atoms with E-state index in [0.29, 0.717) is 11.4 Å². The smallest absolute Gasteiger partial charge is 0.361 e. The molecule has 2 N–H and O–H groups in total. The second-order valence-electron chi connectivity index (χ2n) is 6.93. The maximum Gasteiger partial charge on any atom is 0.361 e. The normalized spacial score (nSPS) is 14.0. The first-order valence-corrected chi connectivity index (χ1v) is 9.46. The number of phenolic OH excluding ortho intramolecular Hbond substituents is 1. The van der Waals surface area contributed by atoms with Crippen LogP contribution in [-0.4, -0.2) is 22.9 Å². The van der Waals surface area contributed by atoms with Gasteiger partial charge in [-0.3, -0.25) is 9.69 Å². The molecule has 0 fully saturated rings. The molecule has 0 bridgehead atoms. The average molecular weight is 414 g/mol. The molecule has 0 radical (unpaired) electrons. The first kappa shape index (κ1) is 19.9. The first-order chi connectivity index (χ1) is 14.9. The van der Waals surface area contributed by atoms with Crippen LogP contribution in [0, 0.1) is 6.92 Å². The fraction of sp³-hybridized carbons (Fsp3) is 0.0417. The summed E-state index contributed by atoms with van der Waals surface area (Å²) in [6.45, 7) is 1.84. The number of urea groups is 1. The minimum Gasteiger partial charge on any atom is -0.508 e. The summed E-state index contributed by atoms with van der Waals surface area (Å²) in [5.74, 6) is -1.11. The Kier molecular flexibility index (Phi) is 5.24. The molecule has 4 rings (SSSR count). The van der Waals surface area contributed by atoms with Crippen LogP contribution in [0.1, 0.15) is 15.9 Å². The summed E-state index contributed by atoms with van der Waals surface area (Å²) in [4.78, 5) is 39.8. The Morgan fingerprint density at radius 2 is 1.71 bits per heavy atom. The summed E-state index contributed by atoms with van der Waals surface area (Å²) in [6.07, 6.45) is 1.06. The van der Waals surface area contributed by atoms with Gasteiger partial charge < -0.3 is 15.2 Å². The Hall–Kier alpha value is -4.39. The quantitative estimate of drug-likeness (QED) is 0.286. The lowest BCUT2D eigenvalue weighted by Crippen LogP contribution is -2.42. The number of aryl methyl sites for hydroxylation is 1. The Balaban J connectivity index is 1.76. The van der Waals surface area contributed by atoms with Crippen LogP contribution < -0.4 is 15.0 Å². The number of amides is 2. The highest BCUT2D eigenvalue weighted by Crippen LogP contribution is 2.37. The lowest BCUT2D eigenvalue weighted by Gasteiger charge is -2.30. The molecule has 0 spiro atoms. The van der Waals surface area contributed by atoms with E-state index in [-0.39, 0.29) is 22.8 Å². The van der Waals surface area contributed by atoms with Gasteiger partial charge in [0.15, 0.2) is 11.5 Å². The standard InChI is InChI=1S/C24H18N2O5/c1-15-7-12-19-22(13-15)31-23(29)20(14-21(28)16-8-10-18(27)11-9-16)26(19)24(30)25-17-5-3-2-4-6-17/h2-14,27H,1H3,(H,25,30)/b20-14+. The van der Waals surface area contributed by atoms with Gasteiger partial charge >= 0.3 is 12.0 Å². The number of nitrogens with one attached hydrogen (secondary N) is 1. The van der Waals surface area contributed by atoms with E-state index >= 15 is 0 Å². The number of rotatable bonds is 3. The van der Waals surface area contributed by atoms with Crippen molar-refractivity contribution < 1.29 is 24.2 Å². The van der Waals surface area contributed by atoms with E-state index in [0.717, 1.165) is 16.5 Å². The summed E-state index contributed by atoms with van der Waals surface area (Å²) in [5, 5.41) is 12.2. The molecule has 1 aliphatic heterocycles. The summed E-state index contributed by atoms with van der Waals surface area (Å²) < 4.78 is 5.39. The van der Waals surface area contributed by atoms with Crippen molar-refractivity contribution in [1.82, 2.24) is 0 Å². The largest absolute Gasteiger partial charge is 0.508 e. The number of para-hydroxylation sites is 1. The number of ketones is 1. The van der Waals surface area contributed by atoms with Gasteiger partial charge in [-0.15, -0.1) is 0 Å². The van der Waals surface area contributed by atoms with Gasteiger partial charge in [-0.25, -0.2) is 9.59 Å². The fourth-order valence-electron chi connectivity index (χ4n) is 3.14. The van der Waals surface area contributed by atoms with Crippen molar-refractivity contribution in [3.05, 3.63) is 95.7 Å². The number of benzene rings is 3. The molecule has 1 aliphatic rings. The van der Waals surface area contributed by atoms with Crippen LogP contribution in [0.3, 0.4) is 0 Å². The number of aromatic hydroxyl groups is 1. The second kappa shape index (κ2) is 8.16. The SMILES string of the molecule is Cc1ccc2c(c1)OC(=O)/C(=C\C(=O)c1ccc(O)cc1)N2C(=O)Nc1ccccc1. The lowest BCUT2D eigenvalue weighted by atomic mass is 10.1. The summed E-state index contributed by atoms with van der Waals surface area (Å²) >= 11 is 0. The summed E-state index contributed by atoms with van der Waals surface area (Å²) in [6, 6.07) is 18.8. The number of carbonyl (C=O) groups is 3. The van der Waals surface area contributed by atoms with E-state index in [9.17, 15) is 19.5 Å². The number of ether oxygens (including phenoxy) is 1. The van der Waals surface area contributed by atoms with E-state index in [2.05, 4.69) is 5.32 Å². The molecule has 0 unspecified atom stereocenters. The Morgan fingerprint density at radius 3 is 2.42 bits per heavy atom. The maximum absolute atomic E-state index is 13.2. The molecule has 154 valence electrons. The molecule has 3 aromatic rings. The van der Waals surface area contributed by atoms with Crippen molar-refractivity contribution in [2.24, 2.45) is 0 Å². The number of nitrogens with zero attached hydrogens (tertiary/aromatic N) is 1. The van der Waals surface area contributed by atoms with Crippen molar-refractivity contribution in [3.63, 3.8) is 0 Å². The lowest BCUT2D eigenvalue weighted by molar-refractivity contribution is -0.130. The number of phenols is 1. The molecular weight excluding hydrogens is 396 g/mol. The number of fused-ring (bicyclic) bond motifs is 1. The zero-order chi connectivity index (χ0) is 22.0. The van der Waals surface area contributed by atoms with Crippen molar-refractivity contribution >= 4 is 29.2 Å². The van der Waals surface area contributed by atoms with E-state index in [1.54, 1.807) is 42.5 Å². The van der Waals surface area contributed by atoms with Crippen LogP contribution in [0.2, 0.25) is 0 Å². The van der Waals surface area contributed by atoms with Crippen LogP contribution >= 0.6 is 0 Å². The van der Waals surface area contributed by atoms with Gasteiger partial charge in [-0.2, -0.15) is 0 Å². The van der Waals surface area contributed by atoms with Gasteiger partial charge in [0.1, 0.15) is 11.4 Å². The third-order valence-corrected chi connectivity index (χ3v) is 4.66. The zero-order valence-corrected chi connectivity index (χ0v) is 16.5. The highest BCUT2D eigenvalue weighted by molar-refractivity contribution is 6.18. The van der Waals surface area contributed by atoms with Crippen molar-refractivity contribution in [3.8, 4) is 11.5 Å². The molecule has 31 heavy (non-hydrogen) atoms. The number of esters is 1. The van der Waals surface area contributed by atoms with Crippen LogP contribution in [0.4, 0.5) is 16.2 Å². The highest BCUT2D eigenvalue weighted by Gasteiger charge is 2.35. The molecular formula is C24H18N2O5. The molecule has 7 heteroatoms. The fourth-order valence-corrected chi connectivity index (χ4v) is 3.14. The number of hydrogen-bond acceptors (Lipinski definition) is 5. The van der Waals surface area contributed by atoms with Gasteiger partial charge in [-0.1, -0.05) is 24.3 Å². The summed E-state index contributed by atoms with van der Waals surface area (Å²) in [7, 11) is 0. The molecule has 3 aromatic carbocycles. The van der Waals surface area contributed by atoms with Crippen LogP contribution in [0.25, 0.3) is 0 Å². The van der Waals surface area contributed by atoms with Crippen LogP contribution in [0.5, 0.6) is 11.5 Å². The molecule has 0 atom stereocenters. The van der Waals surface area contributed by atoms with Crippen molar-refractivity contribution in [2.45, 2.75) is 6.92 Å². The molecule has 1 heterocycles. The molecule has 0 saturated heterocycles. The van der Waals surface area contributed by atoms with E-state index in [4.69, 9.17) is 4.74 Å². The van der Waals surface area contributed by atoms with Gasteiger partial charge in [0.25, 0.3) is 0 Å². The van der Waals surface area contributed by atoms with E-state index in [1.807, 2.05) is 13.0 Å². The molecule has 7 nitrogen and oxygen atoms in total. The third-order valence-electron chi connectivity index (χ3n) is 4.66. The van der Waals surface area contributed by atoms with Gasteiger partial charge in [-0.05, 0) is 61.0 Å². The minimum absolute atomic E-state index is 0.00874. The number of hydrogen-bond donors (Lipinski definition) is 2. The second-order valence-corrected chi connectivity index (χ2v) is 6.93. The Labute approximate surface area is 178 Å².